The Morgan fingerprint density at radius 3 is 2.50 bits per heavy atom. The molecule has 1 rings (SSSR count). The first kappa shape index (κ1) is 10.9. The van der Waals surface area contributed by atoms with Crippen LogP contribution in [0, 0.1) is 11.7 Å². The third-order valence-corrected chi connectivity index (χ3v) is 2.19. The van der Waals surface area contributed by atoms with Crippen molar-refractivity contribution in [2.45, 2.75) is 13.3 Å². The van der Waals surface area contributed by atoms with Gasteiger partial charge < -0.3 is 5.73 Å². The number of hydrogen-bond acceptors (Lipinski definition) is 2. The second-order valence-corrected chi connectivity index (χ2v) is 3.41. The van der Waals surface area contributed by atoms with E-state index in [1.54, 1.807) is 19.1 Å². The Labute approximate surface area is 82.9 Å². The topological polar surface area (TPSA) is 43.1 Å². The van der Waals surface area contributed by atoms with Crippen molar-refractivity contribution in [2.75, 3.05) is 6.54 Å². The van der Waals surface area contributed by atoms with Gasteiger partial charge in [0, 0.05) is 18.9 Å². The van der Waals surface area contributed by atoms with E-state index in [1.807, 2.05) is 0 Å². The van der Waals surface area contributed by atoms with Gasteiger partial charge in [-0.3, -0.25) is 4.79 Å². The Bertz CT molecular complexity index is 308. The van der Waals surface area contributed by atoms with Gasteiger partial charge in [-0.05, 0) is 17.7 Å². The van der Waals surface area contributed by atoms with E-state index < -0.39 is 0 Å². The zero-order chi connectivity index (χ0) is 10.6. The van der Waals surface area contributed by atoms with Crippen LogP contribution < -0.4 is 5.73 Å². The molecule has 0 aliphatic heterocycles. The molecule has 0 bridgehead atoms. The highest BCUT2D eigenvalue weighted by molar-refractivity contribution is 5.83. The summed E-state index contributed by atoms with van der Waals surface area (Å²) in [5, 5.41) is 0. The molecular formula is C11H14FNO. The van der Waals surface area contributed by atoms with Crippen molar-refractivity contribution in [3.63, 3.8) is 0 Å². The number of benzene rings is 1. The standard InChI is InChI=1S/C11H14FNO/c1-8(7-13)11(14)6-9-2-4-10(12)5-3-9/h2-5,8H,6-7,13H2,1H3. The van der Waals surface area contributed by atoms with Crippen molar-refractivity contribution < 1.29 is 9.18 Å². The van der Waals surface area contributed by atoms with Gasteiger partial charge in [-0.15, -0.1) is 0 Å². The van der Waals surface area contributed by atoms with Crippen LogP contribution in [0.4, 0.5) is 4.39 Å². The lowest BCUT2D eigenvalue weighted by atomic mass is 10.00. The van der Waals surface area contributed by atoms with E-state index in [4.69, 9.17) is 5.73 Å². The molecule has 2 N–H and O–H groups in total. The number of halogens is 1. The van der Waals surface area contributed by atoms with Crippen molar-refractivity contribution in [2.24, 2.45) is 11.7 Å². The second-order valence-electron chi connectivity index (χ2n) is 3.41. The fourth-order valence-corrected chi connectivity index (χ4v) is 1.11. The maximum Gasteiger partial charge on any atom is 0.141 e. The van der Waals surface area contributed by atoms with Crippen molar-refractivity contribution in [1.29, 1.82) is 0 Å². The van der Waals surface area contributed by atoms with Crippen LogP contribution in [0.2, 0.25) is 0 Å². The second kappa shape index (κ2) is 4.86. The number of carbonyl (C=O) groups excluding carboxylic acids is 1. The first-order valence-electron chi connectivity index (χ1n) is 4.60. The summed E-state index contributed by atoms with van der Waals surface area (Å²) < 4.78 is 12.5. The number of ketones is 1. The van der Waals surface area contributed by atoms with Gasteiger partial charge in [-0.25, -0.2) is 4.39 Å². The Balaban J connectivity index is 2.60. The minimum Gasteiger partial charge on any atom is -0.330 e. The molecular weight excluding hydrogens is 181 g/mol. The molecule has 0 amide bonds. The zero-order valence-corrected chi connectivity index (χ0v) is 8.16. The molecule has 0 aliphatic carbocycles. The molecule has 1 atom stereocenters. The average Bonchev–Trinajstić information content (AvgIpc) is 2.20. The minimum absolute atomic E-state index is 0.0964. The number of nitrogens with two attached hydrogens (primary N) is 1. The van der Waals surface area contributed by atoms with Gasteiger partial charge in [-0.2, -0.15) is 0 Å². The number of hydrogen-bond donors (Lipinski definition) is 1. The fourth-order valence-electron chi connectivity index (χ4n) is 1.11. The van der Waals surface area contributed by atoms with E-state index in [0.29, 0.717) is 13.0 Å². The van der Waals surface area contributed by atoms with Crippen LogP contribution in [-0.4, -0.2) is 12.3 Å². The highest BCUT2D eigenvalue weighted by Crippen LogP contribution is 2.06. The molecule has 0 fully saturated rings. The highest BCUT2D eigenvalue weighted by atomic mass is 19.1. The monoisotopic (exact) mass is 195 g/mol. The van der Waals surface area contributed by atoms with E-state index in [2.05, 4.69) is 0 Å². The predicted octanol–water partition coefficient (Wildman–Crippen LogP) is 1.53. The van der Waals surface area contributed by atoms with Gasteiger partial charge >= 0.3 is 0 Å². The van der Waals surface area contributed by atoms with Crippen molar-refractivity contribution in [1.82, 2.24) is 0 Å². The quantitative estimate of drug-likeness (QED) is 0.791. The molecule has 1 aromatic rings. The van der Waals surface area contributed by atoms with Crippen LogP contribution in [0.5, 0.6) is 0 Å². The van der Waals surface area contributed by atoms with Crippen molar-refractivity contribution >= 4 is 5.78 Å². The summed E-state index contributed by atoms with van der Waals surface area (Å²) in [6.45, 7) is 2.16. The summed E-state index contributed by atoms with van der Waals surface area (Å²) in [7, 11) is 0. The Morgan fingerprint density at radius 1 is 1.43 bits per heavy atom. The van der Waals surface area contributed by atoms with E-state index in [-0.39, 0.29) is 17.5 Å². The summed E-state index contributed by atoms with van der Waals surface area (Å²) in [4.78, 5) is 11.5. The maximum atomic E-state index is 12.5. The summed E-state index contributed by atoms with van der Waals surface area (Å²) in [6.07, 6.45) is 0.332. The lowest BCUT2D eigenvalue weighted by Crippen LogP contribution is -2.22. The molecule has 0 radical (unpaired) electrons. The van der Waals surface area contributed by atoms with E-state index in [1.165, 1.54) is 12.1 Å². The summed E-state index contributed by atoms with van der Waals surface area (Å²) >= 11 is 0. The van der Waals surface area contributed by atoms with Crippen LogP contribution in [0.15, 0.2) is 24.3 Å². The van der Waals surface area contributed by atoms with Crippen molar-refractivity contribution in [3.8, 4) is 0 Å². The van der Waals surface area contributed by atoms with E-state index in [9.17, 15) is 9.18 Å². The Morgan fingerprint density at radius 2 is 2.00 bits per heavy atom. The first-order chi connectivity index (χ1) is 6.63. The molecule has 0 aromatic heterocycles. The SMILES string of the molecule is CC(CN)C(=O)Cc1ccc(F)cc1. The zero-order valence-electron chi connectivity index (χ0n) is 8.16. The van der Waals surface area contributed by atoms with Gasteiger partial charge in [0.1, 0.15) is 11.6 Å². The molecule has 76 valence electrons. The van der Waals surface area contributed by atoms with Crippen LogP contribution in [0.1, 0.15) is 12.5 Å². The number of Topliss-reactive ketones (excluding diaryl/α,β-unsaturated/α-hetero) is 1. The van der Waals surface area contributed by atoms with Gasteiger partial charge in [0.15, 0.2) is 0 Å². The number of carbonyl (C=O) groups is 1. The molecule has 0 aliphatic rings. The Kier molecular flexibility index (Phi) is 3.77. The third-order valence-electron chi connectivity index (χ3n) is 2.19. The first-order valence-corrected chi connectivity index (χ1v) is 4.60. The largest absolute Gasteiger partial charge is 0.330 e. The smallest absolute Gasteiger partial charge is 0.141 e. The van der Waals surface area contributed by atoms with Gasteiger partial charge in [0.25, 0.3) is 0 Å². The molecule has 1 aromatic carbocycles. The predicted molar refractivity (Wildman–Crippen MR) is 53.3 cm³/mol. The summed E-state index contributed by atoms with van der Waals surface area (Å²) in [5.74, 6) is -0.313. The van der Waals surface area contributed by atoms with Gasteiger partial charge in [-0.1, -0.05) is 19.1 Å². The summed E-state index contributed by atoms with van der Waals surface area (Å²) in [6, 6.07) is 5.96. The van der Waals surface area contributed by atoms with Gasteiger partial charge in [0.2, 0.25) is 0 Å². The highest BCUT2D eigenvalue weighted by Gasteiger charge is 2.11. The molecule has 3 heteroatoms. The lowest BCUT2D eigenvalue weighted by Gasteiger charge is -2.06. The maximum absolute atomic E-state index is 12.5. The third kappa shape index (κ3) is 2.92. The van der Waals surface area contributed by atoms with Crippen LogP contribution in [0.25, 0.3) is 0 Å². The summed E-state index contributed by atoms with van der Waals surface area (Å²) in [5.41, 5.74) is 6.20. The van der Waals surface area contributed by atoms with E-state index in [0.717, 1.165) is 5.56 Å². The minimum atomic E-state index is -0.284. The van der Waals surface area contributed by atoms with Crippen LogP contribution in [0.3, 0.4) is 0 Å². The van der Waals surface area contributed by atoms with Crippen LogP contribution >= 0.6 is 0 Å². The number of rotatable bonds is 4. The normalized spacial score (nSPS) is 12.5. The molecule has 2 nitrogen and oxygen atoms in total. The molecule has 1 unspecified atom stereocenters. The molecule has 0 saturated carbocycles. The average molecular weight is 195 g/mol. The Hall–Kier alpha value is -1.22. The molecule has 14 heavy (non-hydrogen) atoms. The molecule has 0 spiro atoms. The van der Waals surface area contributed by atoms with Gasteiger partial charge in [0.05, 0.1) is 0 Å². The fraction of sp³-hybridized carbons (Fsp3) is 0.364. The van der Waals surface area contributed by atoms with E-state index >= 15 is 0 Å². The van der Waals surface area contributed by atoms with Crippen LogP contribution in [-0.2, 0) is 11.2 Å². The van der Waals surface area contributed by atoms with Crippen molar-refractivity contribution in [3.05, 3.63) is 35.6 Å². The lowest BCUT2D eigenvalue weighted by molar-refractivity contribution is -0.121. The molecule has 0 heterocycles. The molecule has 0 saturated heterocycles.